The number of hydrogen-bond donors (Lipinski definition) is 2. The van der Waals surface area contributed by atoms with Crippen molar-refractivity contribution in [3.63, 3.8) is 0 Å². The Morgan fingerprint density at radius 1 is 1.28 bits per heavy atom. The first-order valence-electron chi connectivity index (χ1n) is 5.63. The Labute approximate surface area is 115 Å². The van der Waals surface area contributed by atoms with E-state index in [1.807, 2.05) is 6.92 Å². The first-order valence-corrected chi connectivity index (χ1v) is 7.90. The molecule has 0 bridgehead atoms. The summed E-state index contributed by atoms with van der Waals surface area (Å²) < 4.78 is 40.0. The van der Waals surface area contributed by atoms with Gasteiger partial charge in [0.25, 0.3) is 0 Å². The third-order valence-electron chi connectivity index (χ3n) is 2.20. The van der Waals surface area contributed by atoms with Gasteiger partial charge in [-0.1, -0.05) is 22.9 Å². The molecule has 1 aromatic carbocycles. The molecule has 0 atom stereocenters. The highest BCUT2D eigenvalue weighted by atomic mass is 79.9. The monoisotopic (exact) mass is 338 g/mol. The molecular formula is C11H16BrFN2O2S. The van der Waals surface area contributed by atoms with Gasteiger partial charge in [-0.3, -0.25) is 0 Å². The van der Waals surface area contributed by atoms with E-state index in [0.29, 0.717) is 11.0 Å². The van der Waals surface area contributed by atoms with Gasteiger partial charge >= 0.3 is 0 Å². The van der Waals surface area contributed by atoms with Gasteiger partial charge in [-0.25, -0.2) is 17.5 Å². The van der Waals surface area contributed by atoms with E-state index in [0.717, 1.165) is 19.0 Å². The molecule has 0 heterocycles. The lowest BCUT2D eigenvalue weighted by Crippen LogP contribution is -2.32. The van der Waals surface area contributed by atoms with Gasteiger partial charge in [-0.15, -0.1) is 0 Å². The van der Waals surface area contributed by atoms with Crippen LogP contribution in [0.15, 0.2) is 27.6 Å². The Morgan fingerprint density at radius 3 is 2.67 bits per heavy atom. The summed E-state index contributed by atoms with van der Waals surface area (Å²) in [5.74, 6) is -0.757. The maximum absolute atomic E-state index is 13.4. The summed E-state index contributed by atoms with van der Waals surface area (Å²) in [6.07, 6.45) is 0.979. The lowest BCUT2D eigenvalue weighted by atomic mass is 10.3. The molecule has 102 valence electrons. The molecule has 1 aromatic rings. The average Bonchev–Trinajstić information content (AvgIpc) is 2.32. The van der Waals surface area contributed by atoms with E-state index in [4.69, 9.17) is 0 Å². The highest BCUT2D eigenvalue weighted by Crippen LogP contribution is 2.19. The highest BCUT2D eigenvalue weighted by molar-refractivity contribution is 9.10. The van der Waals surface area contributed by atoms with Crippen LogP contribution in [-0.4, -0.2) is 28.1 Å². The lowest BCUT2D eigenvalue weighted by Gasteiger charge is -2.08. The van der Waals surface area contributed by atoms with E-state index < -0.39 is 15.8 Å². The normalized spacial score (nSPS) is 11.7. The Kier molecular flexibility index (Phi) is 6.20. The van der Waals surface area contributed by atoms with Gasteiger partial charge in [0.05, 0.1) is 0 Å². The Bertz CT molecular complexity index is 494. The quantitative estimate of drug-likeness (QED) is 0.746. The Hall–Kier alpha value is -0.500. The van der Waals surface area contributed by atoms with Crippen molar-refractivity contribution < 1.29 is 12.8 Å². The largest absolute Gasteiger partial charge is 0.315 e. The first-order chi connectivity index (χ1) is 8.47. The molecule has 0 unspecified atom stereocenters. The second-order valence-corrected chi connectivity index (χ2v) is 6.37. The number of rotatable bonds is 7. The molecule has 18 heavy (non-hydrogen) atoms. The van der Waals surface area contributed by atoms with E-state index in [1.165, 1.54) is 12.1 Å². The predicted octanol–water partition coefficient (Wildman–Crippen LogP) is 1.87. The van der Waals surface area contributed by atoms with Crippen LogP contribution in [0.2, 0.25) is 0 Å². The van der Waals surface area contributed by atoms with Crippen LogP contribution in [0.5, 0.6) is 0 Å². The minimum atomic E-state index is -3.80. The lowest BCUT2D eigenvalue weighted by molar-refractivity contribution is 0.553. The summed E-state index contributed by atoms with van der Waals surface area (Å²) in [6, 6.07) is 3.82. The predicted molar refractivity (Wildman–Crippen MR) is 72.4 cm³/mol. The average molecular weight is 339 g/mol. The maximum Gasteiger partial charge on any atom is 0.243 e. The topological polar surface area (TPSA) is 58.2 Å². The van der Waals surface area contributed by atoms with Crippen molar-refractivity contribution in [3.8, 4) is 0 Å². The number of benzene rings is 1. The van der Waals surface area contributed by atoms with Crippen LogP contribution in [0.1, 0.15) is 13.3 Å². The first kappa shape index (κ1) is 15.6. The fourth-order valence-electron chi connectivity index (χ4n) is 1.34. The molecule has 0 spiro atoms. The van der Waals surface area contributed by atoms with Crippen LogP contribution in [0, 0.1) is 5.82 Å². The molecule has 0 fully saturated rings. The van der Waals surface area contributed by atoms with Crippen molar-refractivity contribution in [1.82, 2.24) is 10.0 Å². The van der Waals surface area contributed by atoms with Crippen molar-refractivity contribution in [1.29, 1.82) is 0 Å². The second-order valence-electron chi connectivity index (χ2n) is 3.72. The number of nitrogens with one attached hydrogen (secondary N) is 2. The van der Waals surface area contributed by atoms with Gasteiger partial charge in [0.2, 0.25) is 10.0 Å². The molecule has 7 heteroatoms. The molecule has 0 saturated carbocycles. The van der Waals surface area contributed by atoms with Gasteiger partial charge in [0.1, 0.15) is 10.7 Å². The molecule has 1 rings (SSSR count). The van der Waals surface area contributed by atoms with Crippen molar-refractivity contribution in [2.45, 2.75) is 18.2 Å². The van der Waals surface area contributed by atoms with E-state index in [2.05, 4.69) is 26.0 Å². The zero-order valence-corrected chi connectivity index (χ0v) is 12.4. The molecule has 0 aliphatic heterocycles. The van der Waals surface area contributed by atoms with Crippen molar-refractivity contribution in [3.05, 3.63) is 28.5 Å². The summed E-state index contributed by atoms with van der Waals surface area (Å²) in [7, 11) is -3.80. The second kappa shape index (κ2) is 7.18. The molecule has 0 aromatic heterocycles. The van der Waals surface area contributed by atoms with Crippen LogP contribution in [-0.2, 0) is 10.0 Å². The summed E-state index contributed by atoms with van der Waals surface area (Å²) in [4.78, 5) is -0.340. The molecule has 2 N–H and O–H groups in total. The van der Waals surface area contributed by atoms with Gasteiger partial charge in [-0.05, 0) is 31.2 Å². The van der Waals surface area contributed by atoms with Crippen molar-refractivity contribution >= 4 is 26.0 Å². The zero-order chi connectivity index (χ0) is 13.6. The third-order valence-corrected chi connectivity index (χ3v) is 4.17. The van der Waals surface area contributed by atoms with E-state index in [1.54, 1.807) is 0 Å². The van der Waals surface area contributed by atoms with Crippen molar-refractivity contribution in [2.24, 2.45) is 0 Å². The molecule has 0 aliphatic carbocycles. The molecule has 0 amide bonds. The summed E-state index contributed by atoms with van der Waals surface area (Å²) in [5.41, 5.74) is 0. The summed E-state index contributed by atoms with van der Waals surface area (Å²) in [6.45, 7) is 3.60. The fourth-order valence-corrected chi connectivity index (χ4v) is 2.98. The van der Waals surface area contributed by atoms with Gasteiger partial charge < -0.3 is 5.32 Å². The molecule has 4 nitrogen and oxygen atoms in total. The third kappa shape index (κ3) is 4.64. The smallest absolute Gasteiger partial charge is 0.243 e. The molecule has 0 radical (unpaired) electrons. The van der Waals surface area contributed by atoms with Crippen LogP contribution >= 0.6 is 15.9 Å². The minimum absolute atomic E-state index is 0.230. The van der Waals surface area contributed by atoms with Gasteiger partial charge in [0.15, 0.2) is 0 Å². The maximum atomic E-state index is 13.4. The van der Waals surface area contributed by atoms with Crippen LogP contribution < -0.4 is 10.0 Å². The SMILES string of the molecule is CCCNCCNS(=O)(=O)c1cc(Br)ccc1F. The van der Waals surface area contributed by atoms with Crippen molar-refractivity contribution in [2.75, 3.05) is 19.6 Å². The van der Waals surface area contributed by atoms with Gasteiger partial charge in [-0.2, -0.15) is 0 Å². The number of sulfonamides is 1. The van der Waals surface area contributed by atoms with Crippen LogP contribution in [0.4, 0.5) is 4.39 Å². The number of halogens is 2. The number of hydrogen-bond acceptors (Lipinski definition) is 3. The van der Waals surface area contributed by atoms with Crippen LogP contribution in [0.3, 0.4) is 0 Å². The molecule has 0 saturated heterocycles. The highest BCUT2D eigenvalue weighted by Gasteiger charge is 2.18. The van der Waals surface area contributed by atoms with E-state index >= 15 is 0 Å². The van der Waals surface area contributed by atoms with E-state index in [9.17, 15) is 12.8 Å². The fraction of sp³-hybridized carbons (Fsp3) is 0.455. The summed E-state index contributed by atoms with van der Waals surface area (Å²) >= 11 is 3.12. The zero-order valence-electron chi connectivity index (χ0n) is 10.0. The minimum Gasteiger partial charge on any atom is -0.315 e. The Balaban J connectivity index is 2.66. The molecule has 0 aliphatic rings. The molecular weight excluding hydrogens is 323 g/mol. The van der Waals surface area contributed by atoms with Gasteiger partial charge in [0, 0.05) is 17.6 Å². The van der Waals surface area contributed by atoms with E-state index in [-0.39, 0.29) is 11.4 Å². The Morgan fingerprint density at radius 2 is 2.00 bits per heavy atom. The van der Waals surface area contributed by atoms with Crippen LogP contribution in [0.25, 0.3) is 0 Å². The standard InChI is InChI=1S/C11H16BrFN2O2S/c1-2-5-14-6-7-15-18(16,17)11-8-9(12)3-4-10(11)13/h3-4,8,14-15H,2,5-7H2,1H3. The summed E-state index contributed by atoms with van der Waals surface area (Å²) in [5, 5.41) is 3.06.